The summed E-state index contributed by atoms with van der Waals surface area (Å²) in [5.41, 5.74) is -8.73. The Kier molecular flexibility index (Phi) is 11.4. The molecule has 59 heavy (non-hydrogen) atoms. The Hall–Kier alpha value is -3.70. The number of carbonyl (C=O) groups is 4. The number of amides is 4. The zero-order valence-corrected chi connectivity index (χ0v) is 34.1. The number of nitrogens with zero attached hydrogens (tertiary/aromatic N) is 2. The molecular weight excluding hydrogens is 771 g/mol. The normalized spacial score (nSPS) is 30.8. The molecule has 6 aliphatic rings. The predicted octanol–water partition coefficient (Wildman–Crippen LogP) is 11.8. The highest BCUT2D eigenvalue weighted by atomic mass is 19.4. The van der Waals surface area contributed by atoms with Crippen molar-refractivity contribution >= 4 is 23.6 Å². The molecule has 4 fully saturated rings. The Labute approximate surface area is 342 Å². The molecule has 2 aliphatic heterocycles. The van der Waals surface area contributed by atoms with Gasteiger partial charge in [-0.3, -0.25) is 29.0 Å². The third-order valence-electron chi connectivity index (χ3n) is 15.5. The van der Waals surface area contributed by atoms with Crippen LogP contribution in [0.2, 0.25) is 0 Å². The molecule has 4 amide bonds. The monoisotopic (exact) mass is 826 g/mol. The largest absolute Gasteiger partial charge is 0.411 e. The minimum atomic E-state index is -6.01. The van der Waals surface area contributed by atoms with Gasteiger partial charge in [-0.15, -0.1) is 0 Å². The van der Waals surface area contributed by atoms with E-state index in [1.54, 1.807) is 0 Å². The van der Waals surface area contributed by atoms with E-state index < -0.39 is 75.7 Å². The van der Waals surface area contributed by atoms with Gasteiger partial charge in [0.25, 0.3) is 23.6 Å². The first-order valence-electron chi connectivity index (χ1n) is 22.2. The van der Waals surface area contributed by atoms with Gasteiger partial charge in [0.05, 0.1) is 22.3 Å². The summed E-state index contributed by atoms with van der Waals surface area (Å²) in [6.07, 6.45) is 5.06. The van der Waals surface area contributed by atoms with E-state index in [9.17, 15) is 19.2 Å². The average Bonchev–Trinajstić information content (AvgIpc) is 3.59. The average molecular weight is 827 g/mol. The molecule has 6 nitrogen and oxygen atoms in total. The van der Waals surface area contributed by atoms with E-state index in [-0.39, 0.29) is 11.1 Å². The van der Waals surface area contributed by atoms with Crippen molar-refractivity contribution in [2.24, 2.45) is 35.5 Å². The van der Waals surface area contributed by atoms with Gasteiger partial charge >= 0.3 is 12.4 Å². The Morgan fingerprint density at radius 3 is 1.03 bits per heavy atom. The number of benzene rings is 2. The van der Waals surface area contributed by atoms with E-state index in [1.807, 2.05) is 0 Å². The van der Waals surface area contributed by atoms with Crippen LogP contribution < -0.4 is 0 Å². The number of imide groups is 2. The first-order valence-corrected chi connectivity index (χ1v) is 22.2. The number of hydrogen-bond acceptors (Lipinski definition) is 4. The standard InChI is InChI=1S/C47H56F6N2O4/c1-27-3-7-29(8-4-27)23-31-11-17-35(18-12-31)54-41(56)37-21-15-33(25-39(37)43(54)58)45(46(48,49)50,47(51,52)53)34-16-22-38-40(26-34)44(59)55(42(38)57)36-19-13-32(14-20-36)24-30-9-5-28(2)6-10-30/h15-16,21-22,25-32,35-36H,3-14,17-20,23-24H2,1-2H3. The highest BCUT2D eigenvalue weighted by molar-refractivity contribution is 6.22. The zero-order valence-electron chi connectivity index (χ0n) is 34.1. The van der Waals surface area contributed by atoms with E-state index in [0.717, 1.165) is 72.3 Å². The summed E-state index contributed by atoms with van der Waals surface area (Å²) in [6.45, 7) is 4.54. The molecule has 2 aromatic rings. The molecule has 0 saturated heterocycles. The van der Waals surface area contributed by atoms with Crippen LogP contribution in [0.15, 0.2) is 36.4 Å². The smallest absolute Gasteiger partial charge is 0.271 e. The van der Waals surface area contributed by atoms with Crippen molar-refractivity contribution in [2.45, 2.75) is 159 Å². The van der Waals surface area contributed by atoms with Crippen LogP contribution in [-0.2, 0) is 5.41 Å². The number of hydrogen-bond donors (Lipinski definition) is 0. The molecule has 0 atom stereocenters. The van der Waals surface area contributed by atoms with Gasteiger partial charge in [-0.05, 0) is 135 Å². The molecular formula is C47H56F6N2O4. The summed E-state index contributed by atoms with van der Waals surface area (Å²) in [5.74, 6) is 0.443. The summed E-state index contributed by atoms with van der Waals surface area (Å²) < 4.78 is 92.6. The molecule has 2 aromatic carbocycles. The summed E-state index contributed by atoms with van der Waals surface area (Å²) in [4.78, 5) is 57.0. The van der Waals surface area contributed by atoms with Crippen LogP contribution in [0.25, 0.3) is 0 Å². The Morgan fingerprint density at radius 2 is 0.729 bits per heavy atom. The van der Waals surface area contributed by atoms with Crippen LogP contribution >= 0.6 is 0 Å². The van der Waals surface area contributed by atoms with Crippen molar-refractivity contribution in [1.82, 2.24) is 9.80 Å². The fourth-order valence-corrected chi connectivity index (χ4v) is 12.0. The maximum Gasteiger partial charge on any atom is 0.411 e. The molecule has 2 heterocycles. The van der Waals surface area contributed by atoms with E-state index >= 15 is 26.3 Å². The molecule has 0 bridgehead atoms. The van der Waals surface area contributed by atoms with Crippen LogP contribution in [0, 0.1) is 35.5 Å². The lowest BCUT2D eigenvalue weighted by atomic mass is 9.71. The highest BCUT2D eigenvalue weighted by Gasteiger charge is 2.73. The van der Waals surface area contributed by atoms with Crippen molar-refractivity contribution in [3.05, 3.63) is 69.8 Å². The van der Waals surface area contributed by atoms with Crippen LogP contribution in [0.5, 0.6) is 0 Å². The van der Waals surface area contributed by atoms with Crippen molar-refractivity contribution in [3.8, 4) is 0 Å². The van der Waals surface area contributed by atoms with E-state index in [1.165, 1.54) is 51.4 Å². The first kappa shape index (κ1) is 42.0. The lowest BCUT2D eigenvalue weighted by Crippen LogP contribution is -2.55. The molecule has 0 spiro atoms. The molecule has 0 N–H and O–H groups in total. The van der Waals surface area contributed by atoms with Gasteiger partial charge in [-0.25, -0.2) is 0 Å². The van der Waals surface area contributed by atoms with Gasteiger partial charge in [0.2, 0.25) is 5.41 Å². The number of halogens is 6. The van der Waals surface area contributed by atoms with Gasteiger partial charge in [0, 0.05) is 12.1 Å². The van der Waals surface area contributed by atoms with Gasteiger partial charge in [0.1, 0.15) is 0 Å². The molecule has 0 unspecified atom stereocenters. The minimum Gasteiger partial charge on any atom is -0.271 e. The summed E-state index contributed by atoms with van der Waals surface area (Å²) in [6, 6.07) is 3.15. The fraction of sp³-hybridized carbons (Fsp3) is 0.660. The van der Waals surface area contributed by atoms with Crippen molar-refractivity contribution in [1.29, 1.82) is 0 Å². The number of alkyl halides is 6. The lowest BCUT2D eigenvalue weighted by molar-refractivity contribution is -0.288. The van der Waals surface area contributed by atoms with E-state index in [2.05, 4.69) is 13.8 Å². The van der Waals surface area contributed by atoms with Gasteiger partial charge in [-0.1, -0.05) is 77.3 Å². The number of fused-ring (bicyclic) bond motifs is 2. The molecule has 4 aliphatic carbocycles. The maximum absolute atomic E-state index is 15.4. The van der Waals surface area contributed by atoms with Crippen LogP contribution in [0.4, 0.5) is 26.3 Å². The molecule has 4 saturated carbocycles. The third-order valence-corrected chi connectivity index (χ3v) is 15.5. The Balaban J connectivity index is 1.02. The molecule has 0 radical (unpaired) electrons. The fourth-order valence-electron chi connectivity index (χ4n) is 12.0. The minimum absolute atomic E-state index is 0.233. The van der Waals surface area contributed by atoms with E-state index in [0.29, 0.717) is 73.6 Å². The lowest BCUT2D eigenvalue weighted by Gasteiger charge is -2.38. The first-order chi connectivity index (χ1) is 28.0. The summed E-state index contributed by atoms with van der Waals surface area (Å²) in [7, 11) is 0. The number of carbonyl (C=O) groups excluding carboxylic acids is 4. The Bertz CT molecular complexity index is 1800. The second kappa shape index (κ2) is 16.0. The van der Waals surface area contributed by atoms with Crippen LogP contribution in [0.1, 0.15) is 182 Å². The zero-order chi connectivity index (χ0) is 42.0. The molecule has 0 aromatic heterocycles. The van der Waals surface area contributed by atoms with Gasteiger partial charge in [0.15, 0.2) is 0 Å². The third kappa shape index (κ3) is 7.55. The molecule has 8 rings (SSSR count). The van der Waals surface area contributed by atoms with Gasteiger partial charge in [-0.2, -0.15) is 26.3 Å². The second-order valence-corrected chi connectivity index (χ2v) is 19.3. The van der Waals surface area contributed by atoms with Crippen molar-refractivity contribution < 1.29 is 45.5 Å². The predicted molar refractivity (Wildman–Crippen MR) is 210 cm³/mol. The molecule has 12 heteroatoms. The number of rotatable bonds is 8. The van der Waals surface area contributed by atoms with Crippen molar-refractivity contribution in [3.63, 3.8) is 0 Å². The van der Waals surface area contributed by atoms with Crippen LogP contribution in [-0.4, -0.2) is 57.9 Å². The van der Waals surface area contributed by atoms with E-state index in [4.69, 9.17) is 0 Å². The molecule has 320 valence electrons. The summed E-state index contributed by atoms with van der Waals surface area (Å²) >= 11 is 0. The van der Waals surface area contributed by atoms with Crippen molar-refractivity contribution in [2.75, 3.05) is 0 Å². The highest BCUT2D eigenvalue weighted by Crippen LogP contribution is 2.57. The quantitative estimate of drug-likeness (QED) is 0.196. The summed E-state index contributed by atoms with van der Waals surface area (Å²) in [5, 5.41) is 0. The topological polar surface area (TPSA) is 74.8 Å². The van der Waals surface area contributed by atoms with Gasteiger partial charge < -0.3 is 0 Å². The second-order valence-electron chi connectivity index (χ2n) is 19.3. The SMILES string of the molecule is CC1CCC(CC2CCC(N3C(=O)c4ccc(C(c5ccc6c(c5)C(=O)N(C5CCC(CC7CCC(C)CC7)CC5)C6=O)(C(F)(F)F)C(F)(F)F)cc4C3=O)CC2)CC1. The van der Waals surface area contributed by atoms with Crippen LogP contribution in [0.3, 0.4) is 0 Å². The maximum atomic E-state index is 15.4. The Morgan fingerprint density at radius 1 is 0.441 bits per heavy atom.